The zero-order valence-electron chi connectivity index (χ0n) is 13.9. The molecule has 0 aliphatic carbocycles. The van der Waals surface area contributed by atoms with Crippen molar-refractivity contribution >= 4 is 23.3 Å². The molecule has 2 amide bonds. The molecule has 1 fully saturated rings. The third-order valence-corrected chi connectivity index (χ3v) is 4.79. The van der Waals surface area contributed by atoms with Crippen LogP contribution in [0.4, 0.5) is 10.5 Å². The second-order valence-corrected chi connectivity index (χ2v) is 6.54. The monoisotopic (exact) mass is 372 g/mol. The van der Waals surface area contributed by atoms with E-state index in [2.05, 4.69) is 15.5 Å². The highest BCUT2D eigenvalue weighted by atomic mass is 35.5. The number of urea groups is 1. The van der Waals surface area contributed by atoms with Crippen LogP contribution in [0.2, 0.25) is 5.02 Å². The summed E-state index contributed by atoms with van der Waals surface area (Å²) in [5.74, 6) is 1.20. The zero-order chi connectivity index (χ0) is 17.9. The number of hydrogen-bond donors (Lipinski definition) is 1. The number of likely N-dealkylation sites (tertiary alicyclic amines) is 1. The molecule has 0 radical (unpaired) electrons. The molecule has 0 spiro atoms. The molecule has 0 unspecified atom stereocenters. The first-order chi connectivity index (χ1) is 12.7. The Morgan fingerprint density at radius 3 is 2.73 bits per heavy atom. The van der Waals surface area contributed by atoms with Crippen molar-refractivity contribution in [3.05, 3.63) is 53.8 Å². The largest absolute Gasteiger partial charge is 0.472 e. The first-order valence-corrected chi connectivity index (χ1v) is 8.75. The predicted octanol–water partition coefficient (Wildman–Crippen LogP) is 4.39. The van der Waals surface area contributed by atoms with Gasteiger partial charge in [-0.15, -0.1) is 10.2 Å². The van der Waals surface area contributed by atoms with Gasteiger partial charge in [-0.25, -0.2) is 4.79 Å². The molecule has 8 heteroatoms. The van der Waals surface area contributed by atoms with Crippen LogP contribution >= 0.6 is 11.6 Å². The Hall–Kier alpha value is -2.80. The number of carbonyl (C=O) groups is 1. The van der Waals surface area contributed by atoms with Crippen molar-refractivity contribution in [1.82, 2.24) is 15.1 Å². The van der Waals surface area contributed by atoms with Gasteiger partial charge in [-0.2, -0.15) is 0 Å². The average molecular weight is 373 g/mol. The van der Waals surface area contributed by atoms with Crippen molar-refractivity contribution in [2.75, 3.05) is 18.4 Å². The number of aromatic nitrogens is 2. The molecule has 3 aromatic rings. The van der Waals surface area contributed by atoms with Gasteiger partial charge in [0.2, 0.25) is 5.89 Å². The molecule has 1 aliphatic rings. The molecule has 1 N–H and O–H groups in total. The molecule has 0 saturated carbocycles. The second-order valence-electron chi connectivity index (χ2n) is 6.13. The summed E-state index contributed by atoms with van der Waals surface area (Å²) in [5, 5.41) is 11.6. The zero-order valence-corrected chi connectivity index (χ0v) is 14.6. The minimum absolute atomic E-state index is 0.146. The summed E-state index contributed by atoms with van der Waals surface area (Å²) in [6.45, 7) is 1.23. The van der Waals surface area contributed by atoms with Crippen LogP contribution in [0.3, 0.4) is 0 Å². The van der Waals surface area contributed by atoms with Gasteiger partial charge in [0, 0.05) is 19.0 Å². The van der Waals surface area contributed by atoms with Crippen molar-refractivity contribution in [3.8, 4) is 11.5 Å². The smallest absolute Gasteiger partial charge is 0.321 e. The minimum atomic E-state index is -0.152. The van der Waals surface area contributed by atoms with Gasteiger partial charge in [0.05, 0.1) is 22.5 Å². The van der Waals surface area contributed by atoms with Gasteiger partial charge in [-0.3, -0.25) is 0 Å². The lowest BCUT2D eigenvalue weighted by molar-refractivity contribution is 0.190. The SMILES string of the molecule is O=C(Nc1ccccc1Cl)N1CCC(c2nnc(-c3ccoc3)o2)CC1. The van der Waals surface area contributed by atoms with E-state index in [1.165, 1.54) is 0 Å². The lowest BCUT2D eigenvalue weighted by atomic mass is 9.97. The number of carbonyl (C=O) groups excluding carboxylic acids is 1. The van der Waals surface area contributed by atoms with Crippen LogP contribution in [0, 0.1) is 0 Å². The third kappa shape index (κ3) is 3.43. The van der Waals surface area contributed by atoms with Crippen LogP contribution in [0.5, 0.6) is 0 Å². The first kappa shape index (κ1) is 16.7. The van der Waals surface area contributed by atoms with Crippen LogP contribution in [0.15, 0.2) is 51.7 Å². The fraction of sp³-hybridized carbons (Fsp3) is 0.278. The molecule has 26 heavy (non-hydrogen) atoms. The van der Waals surface area contributed by atoms with Crippen LogP contribution in [0.25, 0.3) is 11.5 Å². The molecule has 1 aromatic carbocycles. The van der Waals surface area contributed by atoms with E-state index in [-0.39, 0.29) is 11.9 Å². The highest BCUT2D eigenvalue weighted by Crippen LogP contribution is 2.30. The average Bonchev–Trinajstić information content (AvgIpc) is 3.35. The van der Waals surface area contributed by atoms with Crippen LogP contribution in [-0.2, 0) is 0 Å². The number of benzene rings is 1. The van der Waals surface area contributed by atoms with Crippen molar-refractivity contribution in [1.29, 1.82) is 0 Å². The molecule has 1 aliphatic heterocycles. The van der Waals surface area contributed by atoms with E-state index < -0.39 is 0 Å². The number of nitrogens with one attached hydrogen (secondary N) is 1. The van der Waals surface area contributed by atoms with Gasteiger partial charge in [0.1, 0.15) is 6.26 Å². The number of piperidine rings is 1. The van der Waals surface area contributed by atoms with Crippen LogP contribution in [-0.4, -0.2) is 34.2 Å². The minimum Gasteiger partial charge on any atom is -0.472 e. The molecule has 0 atom stereocenters. The van der Waals surface area contributed by atoms with E-state index in [1.54, 1.807) is 35.6 Å². The number of furan rings is 1. The normalized spacial score (nSPS) is 15.2. The fourth-order valence-corrected chi connectivity index (χ4v) is 3.17. The van der Waals surface area contributed by atoms with Crippen molar-refractivity contribution < 1.29 is 13.6 Å². The maximum Gasteiger partial charge on any atom is 0.321 e. The molecule has 0 bridgehead atoms. The summed E-state index contributed by atoms with van der Waals surface area (Å²) >= 11 is 6.09. The maximum atomic E-state index is 12.4. The Bertz CT molecular complexity index is 885. The lowest BCUT2D eigenvalue weighted by Crippen LogP contribution is -2.40. The lowest BCUT2D eigenvalue weighted by Gasteiger charge is -2.30. The molecule has 4 rings (SSSR count). The molecular weight excluding hydrogens is 356 g/mol. The summed E-state index contributed by atoms with van der Waals surface area (Å²) in [5.41, 5.74) is 1.38. The number of nitrogens with zero attached hydrogens (tertiary/aromatic N) is 3. The van der Waals surface area contributed by atoms with E-state index in [0.29, 0.717) is 35.6 Å². The van der Waals surface area contributed by atoms with E-state index in [0.717, 1.165) is 18.4 Å². The number of halogens is 1. The van der Waals surface area contributed by atoms with Gasteiger partial charge in [-0.05, 0) is 31.0 Å². The molecule has 2 aromatic heterocycles. The summed E-state index contributed by atoms with van der Waals surface area (Å²) < 4.78 is 10.8. The number of amides is 2. The summed E-state index contributed by atoms with van der Waals surface area (Å²) in [6, 6.07) is 8.81. The van der Waals surface area contributed by atoms with E-state index in [1.807, 2.05) is 12.1 Å². The first-order valence-electron chi connectivity index (χ1n) is 8.37. The van der Waals surface area contributed by atoms with Gasteiger partial charge in [0.25, 0.3) is 5.89 Å². The second kappa shape index (κ2) is 7.21. The van der Waals surface area contributed by atoms with Gasteiger partial charge in [-0.1, -0.05) is 23.7 Å². The highest BCUT2D eigenvalue weighted by molar-refractivity contribution is 6.33. The van der Waals surface area contributed by atoms with E-state index in [9.17, 15) is 4.79 Å². The van der Waals surface area contributed by atoms with Crippen LogP contribution < -0.4 is 5.32 Å². The summed E-state index contributed by atoms with van der Waals surface area (Å²) in [6.07, 6.45) is 4.67. The standard InChI is InChI=1S/C18H17ClN4O3/c19-14-3-1-2-4-15(14)20-18(24)23-8-5-12(6-9-23)16-21-22-17(26-16)13-7-10-25-11-13/h1-4,7,10-12H,5-6,8-9H2,(H,20,24). The fourth-order valence-electron chi connectivity index (χ4n) is 2.99. The van der Waals surface area contributed by atoms with Gasteiger partial charge < -0.3 is 19.1 Å². The summed E-state index contributed by atoms with van der Waals surface area (Å²) in [7, 11) is 0. The number of hydrogen-bond acceptors (Lipinski definition) is 5. The Kier molecular flexibility index (Phi) is 4.62. The van der Waals surface area contributed by atoms with Gasteiger partial charge >= 0.3 is 6.03 Å². The Morgan fingerprint density at radius 2 is 2.00 bits per heavy atom. The maximum absolute atomic E-state index is 12.4. The van der Waals surface area contributed by atoms with E-state index in [4.69, 9.17) is 20.4 Å². The number of rotatable bonds is 3. The molecule has 1 saturated heterocycles. The summed E-state index contributed by atoms with van der Waals surface area (Å²) in [4.78, 5) is 14.2. The Balaban J connectivity index is 1.35. The number of anilines is 1. The molecule has 134 valence electrons. The molecular formula is C18H17ClN4O3. The van der Waals surface area contributed by atoms with E-state index >= 15 is 0 Å². The Labute approximate surface area is 155 Å². The third-order valence-electron chi connectivity index (χ3n) is 4.46. The topological polar surface area (TPSA) is 84.4 Å². The van der Waals surface area contributed by atoms with Crippen molar-refractivity contribution in [2.24, 2.45) is 0 Å². The van der Waals surface area contributed by atoms with Crippen molar-refractivity contribution in [2.45, 2.75) is 18.8 Å². The van der Waals surface area contributed by atoms with Crippen molar-refractivity contribution in [3.63, 3.8) is 0 Å². The predicted molar refractivity (Wildman–Crippen MR) is 96.0 cm³/mol. The molecule has 3 heterocycles. The highest BCUT2D eigenvalue weighted by Gasteiger charge is 2.27. The quantitative estimate of drug-likeness (QED) is 0.736. The Morgan fingerprint density at radius 1 is 1.19 bits per heavy atom. The van der Waals surface area contributed by atoms with Gasteiger partial charge in [0.15, 0.2) is 0 Å². The molecule has 7 nitrogen and oxygen atoms in total. The number of para-hydroxylation sites is 1. The van der Waals surface area contributed by atoms with Crippen LogP contribution in [0.1, 0.15) is 24.7 Å².